The van der Waals surface area contributed by atoms with Gasteiger partial charge in [-0.3, -0.25) is 9.69 Å². The van der Waals surface area contributed by atoms with Crippen LogP contribution in [-0.2, 0) is 10.2 Å². The van der Waals surface area contributed by atoms with E-state index in [1.165, 1.54) is 25.3 Å². The molecule has 1 aliphatic carbocycles. The quantitative estimate of drug-likeness (QED) is 0.583. The molecule has 1 N–H and O–H groups in total. The molecule has 1 saturated heterocycles. The Balaban J connectivity index is 1.37. The molecule has 2 aliphatic rings. The molecule has 1 heterocycles. The maximum Gasteiger partial charge on any atom is 0.235 e. The van der Waals surface area contributed by atoms with Crippen molar-refractivity contribution in [3.8, 4) is 5.75 Å². The number of nitrogens with zero attached hydrogens (tertiary/aromatic N) is 1. The maximum absolute atomic E-state index is 14.6. The lowest BCUT2D eigenvalue weighted by atomic mass is 9.68. The van der Waals surface area contributed by atoms with Gasteiger partial charge in [-0.25, -0.2) is 4.39 Å². The van der Waals surface area contributed by atoms with E-state index in [0.29, 0.717) is 36.7 Å². The van der Waals surface area contributed by atoms with E-state index in [-0.39, 0.29) is 11.7 Å². The number of piperidine rings is 1. The first-order valence-corrected chi connectivity index (χ1v) is 12.1. The highest BCUT2D eigenvalue weighted by Crippen LogP contribution is 2.41. The number of carbonyl (C=O) groups excluding carboxylic acids is 1. The predicted molar refractivity (Wildman–Crippen MR) is 127 cm³/mol. The molecule has 1 amide bonds. The molecule has 0 unspecified atom stereocenters. The fraction of sp³-hybridized carbons (Fsp3) is 0.519. The summed E-state index contributed by atoms with van der Waals surface area (Å²) in [5.41, 5.74) is 0.432. The summed E-state index contributed by atoms with van der Waals surface area (Å²) in [6, 6.07) is 14.9. The molecule has 2 fully saturated rings. The lowest BCUT2D eigenvalue weighted by Gasteiger charge is -2.36. The Morgan fingerprint density at radius 2 is 1.81 bits per heavy atom. The van der Waals surface area contributed by atoms with Crippen LogP contribution in [0.4, 0.5) is 10.1 Å². The Bertz CT molecular complexity index is 893. The molecular weight excluding hydrogens is 403 g/mol. The van der Waals surface area contributed by atoms with Crippen LogP contribution in [0.25, 0.3) is 0 Å². The third kappa shape index (κ3) is 5.15. The summed E-state index contributed by atoms with van der Waals surface area (Å²) in [6.45, 7) is 5.04. The molecular formula is C27H35FN2O2. The summed E-state index contributed by atoms with van der Waals surface area (Å²) < 4.78 is 20.6. The van der Waals surface area contributed by atoms with Gasteiger partial charge in [0.05, 0.1) is 5.41 Å². The summed E-state index contributed by atoms with van der Waals surface area (Å²) in [5, 5.41) is 3.05. The minimum Gasteiger partial charge on any atom is -0.492 e. The largest absolute Gasteiger partial charge is 0.492 e. The molecule has 4 nitrogen and oxygen atoms in total. The van der Waals surface area contributed by atoms with Gasteiger partial charge in [0.25, 0.3) is 0 Å². The van der Waals surface area contributed by atoms with Gasteiger partial charge < -0.3 is 10.1 Å². The highest BCUT2D eigenvalue weighted by molar-refractivity contribution is 5.99. The van der Waals surface area contributed by atoms with Crippen molar-refractivity contribution in [3.63, 3.8) is 0 Å². The summed E-state index contributed by atoms with van der Waals surface area (Å²) in [4.78, 5) is 15.9. The summed E-state index contributed by atoms with van der Waals surface area (Å²) in [5.74, 6) is 0.389. The molecule has 1 aliphatic heterocycles. The van der Waals surface area contributed by atoms with Crippen LogP contribution in [0.15, 0.2) is 48.5 Å². The van der Waals surface area contributed by atoms with Crippen LogP contribution in [0.1, 0.15) is 63.9 Å². The second kappa shape index (κ2) is 10.5. The monoisotopic (exact) mass is 438 g/mol. The average Bonchev–Trinajstić information content (AvgIpc) is 2.82. The number of carbonyl (C=O) groups is 1. The van der Waals surface area contributed by atoms with Crippen molar-refractivity contribution in [1.82, 2.24) is 4.90 Å². The Morgan fingerprint density at radius 3 is 2.53 bits per heavy atom. The molecule has 1 saturated carbocycles. The molecule has 0 aromatic heterocycles. The SMILES string of the molecule is C[C@@H]1CCCCN1CCOc1ccc(NC(=O)C2(c3ccccc3F)CCCCC2)cc1. The van der Waals surface area contributed by atoms with Crippen LogP contribution in [0.5, 0.6) is 5.75 Å². The van der Waals surface area contributed by atoms with Crippen molar-refractivity contribution in [3.05, 3.63) is 59.9 Å². The molecule has 4 rings (SSSR count). The van der Waals surface area contributed by atoms with Gasteiger partial charge in [-0.2, -0.15) is 0 Å². The fourth-order valence-electron chi connectivity index (χ4n) is 5.28. The average molecular weight is 439 g/mol. The van der Waals surface area contributed by atoms with Gasteiger partial charge in [0.1, 0.15) is 18.2 Å². The molecule has 32 heavy (non-hydrogen) atoms. The van der Waals surface area contributed by atoms with Crippen molar-refractivity contribution >= 4 is 11.6 Å². The standard InChI is InChI=1S/C27H35FN2O2/c1-21-9-5-8-18-30(21)19-20-32-23-14-12-22(13-15-23)29-26(31)27(16-6-2-7-17-27)24-10-3-4-11-25(24)28/h3-4,10-15,21H,2,5-9,16-20H2,1H3,(H,29,31)/t21-/m1/s1. The zero-order valence-electron chi connectivity index (χ0n) is 19.1. The number of likely N-dealkylation sites (tertiary alicyclic amines) is 1. The molecule has 0 radical (unpaired) electrons. The minimum atomic E-state index is -0.802. The number of hydrogen-bond donors (Lipinski definition) is 1. The lowest BCUT2D eigenvalue weighted by molar-refractivity contribution is -0.122. The predicted octanol–water partition coefficient (Wildman–Crippen LogP) is 5.92. The Morgan fingerprint density at radius 1 is 1.06 bits per heavy atom. The minimum absolute atomic E-state index is 0.116. The van der Waals surface area contributed by atoms with Crippen molar-refractivity contribution in [1.29, 1.82) is 0 Å². The summed E-state index contributed by atoms with van der Waals surface area (Å²) >= 11 is 0. The molecule has 0 bridgehead atoms. The van der Waals surface area contributed by atoms with E-state index in [0.717, 1.165) is 38.1 Å². The van der Waals surface area contributed by atoms with Crippen molar-refractivity contribution < 1.29 is 13.9 Å². The Kier molecular flexibility index (Phi) is 7.46. The zero-order valence-corrected chi connectivity index (χ0v) is 19.1. The molecule has 2 aromatic carbocycles. The molecule has 2 aromatic rings. The maximum atomic E-state index is 14.6. The zero-order chi connectivity index (χ0) is 22.4. The Hall–Kier alpha value is -2.40. The molecule has 172 valence electrons. The van der Waals surface area contributed by atoms with Gasteiger partial charge in [0.2, 0.25) is 5.91 Å². The summed E-state index contributed by atoms with van der Waals surface area (Å²) in [6.07, 6.45) is 8.17. The number of benzene rings is 2. The number of halogens is 1. The number of nitrogens with one attached hydrogen (secondary N) is 1. The van der Waals surface area contributed by atoms with Gasteiger partial charge >= 0.3 is 0 Å². The smallest absolute Gasteiger partial charge is 0.235 e. The number of rotatable bonds is 7. The number of hydrogen-bond acceptors (Lipinski definition) is 3. The van der Waals surface area contributed by atoms with E-state index >= 15 is 0 Å². The third-order valence-corrected chi connectivity index (χ3v) is 7.23. The summed E-state index contributed by atoms with van der Waals surface area (Å²) in [7, 11) is 0. The first-order chi connectivity index (χ1) is 15.6. The fourth-order valence-corrected chi connectivity index (χ4v) is 5.28. The second-order valence-electron chi connectivity index (χ2n) is 9.33. The normalized spacial score (nSPS) is 21.1. The van der Waals surface area contributed by atoms with Crippen LogP contribution in [0, 0.1) is 5.82 Å². The number of amides is 1. The number of anilines is 1. The van der Waals surface area contributed by atoms with Crippen molar-refractivity contribution in [2.24, 2.45) is 0 Å². The van der Waals surface area contributed by atoms with Gasteiger partial charge in [-0.05, 0) is 69.5 Å². The van der Waals surface area contributed by atoms with Gasteiger partial charge in [0, 0.05) is 23.8 Å². The van der Waals surface area contributed by atoms with E-state index in [1.54, 1.807) is 12.1 Å². The molecule has 0 spiro atoms. The van der Waals surface area contributed by atoms with Crippen LogP contribution in [0.3, 0.4) is 0 Å². The van der Waals surface area contributed by atoms with Gasteiger partial charge in [-0.15, -0.1) is 0 Å². The highest BCUT2D eigenvalue weighted by Gasteiger charge is 2.42. The van der Waals surface area contributed by atoms with Crippen LogP contribution < -0.4 is 10.1 Å². The molecule has 5 heteroatoms. The van der Waals surface area contributed by atoms with Crippen molar-refractivity contribution in [2.45, 2.75) is 69.7 Å². The van der Waals surface area contributed by atoms with E-state index in [9.17, 15) is 9.18 Å². The number of ether oxygens (including phenoxy) is 1. The first-order valence-electron chi connectivity index (χ1n) is 12.1. The van der Waals surface area contributed by atoms with E-state index in [4.69, 9.17) is 4.74 Å². The van der Waals surface area contributed by atoms with Gasteiger partial charge in [-0.1, -0.05) is 43.9 Å². The van der Waals surface area contributed by atoms with E-state index in [1.807, 2.05) is 30.3 Å². The van der Waals surface area contributed by atoms with Crippen LogP contribution in [-0.4, -0.2) is 36.5 Å². The van der Waals surface area contributed by atoms with Crippen LogP contribution in [0.2, 0.25) is 0 Å². The second-order valence-corrected chi connectivity index (χ2v) is 9.33. The lowest BCUT2D eigenvalue weighted by Crippen LogP contribution is -2.42. The van der Waals surface area contributed by atoms with E-state index in [2.05, 4.69) is 17.1 Å². The third-order valence-electron chi connectivity index (χ3n) is 7.23. The Labute approximate surface area is 191 Å². The van der Waals surface area contributed by atoms with E-state index < -0.39 is 5.41 Å². The van der Waals surface area contributed by atoms with Gasteiger partial charge in [0.15, 0.2) is 0 Å². The van der Waals surface area contributed by atoms with Crippen molar-refractivity contribution in [2.75, 3.05) is 25.0 Å². The highest BCUT2D eigenvalue weighted by atomic mass is 19.1. The first kappa shape index (κ1) is 22.8. The van der Waals surface area contributed by atoms with Crippen LogP contribution >= 0.6 is 0 Å². The molecule has 1 atom stereocenters. The topological polar surface area (TPSA) is 41.6 Å².